The van der Waals surface area contributed by atoms with E-state index in [4.69, 9.17) is 5.73 Å². The van der Waals surface area contributed by atoms with Crippen LogP contribution >= 0.6 is 0 Å². The van der Waals surface area contributed by atoms with Crippen molar-refractivity contribution in [3.63, 3.8) is 0 Å². The highest BCUT2D eigenvalue weighted by Gasteiger charge is 1.94. The average Bonchev–Trinajstić information content (AvgIpc) is 2.08. The van der Waals surface area contributed by atoms with Gasteiger partial charge in [-0.05, 0) is 24.6 Å². The molecule has 70 valence electrons. The second-order valence-electron chi connectivity index (χ2n) is 3.05. The molecule has 0 fully saturated rings. The minimum atomic E-state index is 0.149. The highest BCUT2D eigenvalue weighted by molar-refractivity contribution is 5.77. The van der Waals surface area contributed by atoms with Crippen molar-refractivity contribution in [1.29, 1.82) is 0 Å². The lowest BCUT2D eigenvalue weighted by molar-refractivity contribution is -0.116. The van der Waals surface area contributed by atoms with Crippen LogP contribution in [0.2, 0.25) is 0 Å². The maximum atomic E-state index is 10.6. The molecule has 13 heavy (non-hydrogen) atoms. The van der Waals surface area contributed by atoms with E-state index in [0.29, 0.717) is 13.1 Å². The van der Waals surface area contributed by atoms with Crippen LogP contribution in [0.5, 0.6) is 0 Å². The summed E-state index contributed by atoms with van der Waals surface area (Å²) in [6.45, 7) is 2.69. The molecular weight excluding hydrogens is 164 g/mol. The molecule has 0 spiro atoms. The Morgan fingerprint density at radius 3 is 2.54 bits per heavy atom. The number of rotatable bonds is 4. The topological polar surface area (TPSA) is 55.1 Å². The summed E-state index contributed by atoms with van der Waals surface area (Å²) in [6, 6.07) is 7.60. The zero-order chi connectivity index (χ0) is 9.68. The summed E-state index contributed by atoms with van der Waals surface area (Å²) < 4.78 is 0. The molecule has 0 amide bonds. The van der Waals surface area contributed by atoms with Crippen LogP contribution in [0.1, 0.15) is 12.5 Å². The van der Waals surface area contributed by atoms with Crippen molar-refractivity contribution < 1.29 is 4.79 Å². The van der Waals surface area contributed by atoms with Crippen molar-refractivity contribution in [1.82, 2.24) is 5.32 Å². The van der Waals surface area contributed by atoms with E-state index in [1.54, 1.807) is 6.92 Å². The summed E-state index contributed by atoms with van der Waals surface area (Å²) in [5.74, 6) is 0.149. The number of ketones is 1. The summed E-state index contributed by atoms with van der Waals surface area (Å²) in [6.07, 6.45) is 0. The van der Waals surface area contributed by atoms with E-state index in [0.717, 1.165) is 11.3 Å². The van der Waals surface area contributed by atoms with E-state index in [1.165, 1.54) is 0 Å². The number of nitrogens with two attached hydrogens (primary N) is 1. The van der Waals surface area contributed by atoms with Gasteiger partial charge in [0.25, 0.3) is 0 Å². The number of carbonyl (C=O) groups excluding carboxylic acids is 1. The van der Waals surface area contributed by atoms with Crippen molar-refractivity contribution in [2.45, 2.75) is 13.5 Å². The fourth-order valence-corrected chi connectivity index (χ4v) is 1.02. The molecule has 0 unspecified atom stereocenters. The number of Topliss-reactive ketones (excluding diaryl/α,β-unsaturated/α-hetero) is 1. The second kappa shape index (κ2) is 4.62. The maximum absolute atomic E-state index is 10.6. The van der Waals surface area contributed by atoms with Crippen LogP contribution in [0.3, 0.4) is 0 Å². The number of hydrogen-bond donors (Lipinski definition) is 2. The Kier molecular flexibility index (Phi) is 3.46. The lowest BCUT2D eigenvalue weighted by Gasteiger charge is -2.02. The molecule has 0 aromatic heterocycles. The molecule has 0 aliphatic rings. The van der Waals surface area contributed by atoms with Crippen LogP contribution in [0.25, 0.3) is 0 Å². The Morgan fingerprint density at radius 1 is 1.38 bits per heavy atom. The zero-order valence-electron chi connectivity index (χ0n) is 7.71. The van der Waals surface area contributed by atoms with Crippen LogP contribution in [0.4, 0.5) is 5.69 Å². The molecule has 1 aromatic carbocycles. The Hall–Kier alpha value is -1.35. The quantitative estimate of drug-likeness (QED) is 0.675. The molecule has 0 aliphatic heterocycles. The highest BCUT2D eigenvalue weighted by atomic mass is 16.1. The van der Waals surface area contributed by atoms with Gasteiger partial charge in [-0.1, -0.05) is 12.1 Å². The van der Waals surface area contributed by atoms with Crippen molar-refractivity contribution >= 4 is 11.5 Å². The van der Waals surface area contributed by atoms with Gasteiger partial charge in [0.1, 0.15) is 5.78 Å². The Bertz CT molecular complexity index is 279. The van der Waals surface area contributed by atoms with Gasteiger partial charge in [0.2, 0.25) is 0 Å². The third kappa shape index (κ3) is 3.71. The van der Waals surface area contributed by atoms with E-state index in [2.05, 4.69) is 5.32 Å². The molecule has 3 nitrogen and oxygen atoms in total. The van der Waals surface area contributed by atoms with E-state index in [-0.39, 0.29) is 5.78 Å². The standard InChI is InChI=1S/C10H14N2O/c1-8(13)6-12-7-9-2-4-10(11)5-3-9/h2-5,12H,6-7,11H2,1H3. The van der Waals surface area contributed by atoms with Gasteiger partial charge in [0.15, 0.2) is 0 Å². The van der Waals surface area contributed by atoms with Gasteiger partial charge >= 0.3 is 0 Å². The first kappa shape index (κ1) is 9.74. The van der Waals surface area contributed by atoms with Gasteiger partial charge in [-0.25, -0.2) is 0 Å². The first-order valence-electron chi connectivity index (χ1n) is 4.23. The summed E-state index contributed by atoms with van der Waals surface area (Å²) in [4.78, 5) is 10.6. The van der Waals surface area contributed by atoms with Crippen molar-refractivity contribution in [2.24, 2.45) is 0 Å². The number of carbonyl (C=O) groups is 1. The molecule has 1 rings (SSSR count). The second-order valence-corrected chi connectivity index (χ2v) is 3.05. The number of anilines is 1. The zero-order valence-corrected chi connectivity index (χ0v) is 7.71. The summed E-state index contributed by atoms with van der Waals surface area (Å²) in [7, 11) is 0. The number of hydrogen-bond acceptors (Lipinski definition) is 3. The molecule has 0 heterocycles. The van der Waals surface area contributed by atoms with E-state index in [1.807, 2.05) is 24.3 Å². The molecule has 3 heteroatoms. The smallest absolute Gasteiger partial charge is 0.143 e. The maximum Gasteiger partial charge on any atom is 0.143 e. The highest BCUT2D eigenvalue weighted by Crippen LogP contribution is 2.04. The van der Waals surface area contributed by atoms with Crippen LogP contribution in [-0.4, -0.2) is 12.3 Å². The van der Waals surface area contributed by atoms with Gasteiger partial charge in [0.05, 0.1) is 6.54 Å². The molecule has 0 atom stereocenters. The first-order valence-corrected chi connectivity index (χ1v) is 4.23. The molecule has 0 bridgehead atoms. The Morgan fingerprint density at radius 2 is 2.00 bits per heavy atom. The fraction of sp³-hybridized carbons (Fsp3) is 0.300. The van der Waals surface area contributed by atoms with Crippen molar-refractivity contribution in [3.05, 3.63) is 29.8 Å². The molecule has 0 saturated heterocycles. The van der Waals surface area contributed by atoms with Crippen LogP contribution < -0.4 is 11.1 Å². The van der Waals surface area contributed by atoms with Crippen LogP contribution in [0, 0.1) is 0 Å². The molecule has 0 saturated carbocycles. The largest absolute Gasteiger partial charge is 0.399 e. The predicted molar refractivity (Wildman–Crippen MR) is 53.2 cm³/mol. The minimum Gasteiger partial charge on any atom is -0.399 e. The molecule has 0 aliphatic carbocycles. The van der Waals surface area contributed by atoms with Crippen LogP contribution in [0.15, 0.2) is 24.3 Å². The van der Waals surface area contributed by atoms with Gasteiger partial charge in [-0.2, -0.15) is 0 Å². The molecule has 3 N–H and O–H groups in total. The van der Waals surface area contributed by atoms with Crippen molar-refractivity contribution in [3.8, 4) is 0 Å². The third-order valence-corrected chi connectivity index (χ3v) is 1.68. The van der Waals surface area contributed by atoms with E-state index in [9.17, 15) is 4.79 Å². The van der Waals surface area contributed by atoms with E-state index < -0.39 is 0 Å². The SMILES string of the molecule is CC(=O)CNCc1ccc(N)cc1. The van der Waals surface area contributed by atoms with Crippen molar-refractivity contribution in [2.75, 3.05) is 12.3 Å². The van der Waals surface area contributed by atoms with Gasteiger partial charge in [-0.15, -0.1) is 0 Å². The summed E-state index contributed by atoms with van der Waals surface area (Å²) >= 11 is 0. The molecule has 1 aromatic rings. The molecular formula is C10H14N2O. The average molecular weight is 178 g/mol. The number of nitrogens with one attached hydrogen (secondary N) is 1. The lowest BCUT2D eigenvalue weighted by Crippen LogP contribution is -2.20. The summed E-state index contributed by atoms with van der Waals surface area (Å²) in [5.41, 5.74) is 7.42. The Balaban J connectivity index is 2.37. The number of benzene rings is 1. The minimum absolute atomic E-state index is 0.149. The first-order chi connectivity index (χ1) is 6.18. The van der Waals surface area contributed by atoms with Gasteiger partial charge in [-0.3, -0.25) is 4.79 Å². The predicted octanol–water partition coefficient (Wildman–Crippen LogP) is 0.947. The molecule has 0 radical (unpaired) electrons. The van der Waals surface area contributed by atoms with E-state index >= 15 is 0 Å². The monoisotopic (exact) mass is 178 g/mol. The van der Waals surface area contributed by atoms with Gasteiger partial charge in [0, 0.05) is 12.2 Å². The summed E-state index contributed by atoms with van der Waals surface area (Å²) in [5, 5.41) is 3.03. The Labute approximate surface area is 77.9 Å². The van der Waals surface area contributed by atoms with Gasteiger partial charge < -0.3 is 11.1 Å². The number of nitrogen functional groups attached to an aromatic ring is 1. The third-order valence-electron chi connectivity index (χ3n) is 1.68. The fourth-order valence-electron chi connectivity index (χ4n) is 1.02. The lowest BCUT2D eigenvalue weighted by atomic mass is 10.2. The normalized spacial score (nSPS) is 9.92. The van der Waals surface area contributed by atoms with Crippen LogP contribution in [-0.2, 0) is 11.3 Å².